The summed E-state index contributed by atoms with van der Waals surface area (Å²) in [5.41, 5.74) is 3.38. The molecule has 18 heavy (non-hydrogen) atoms. The third-order valence-corrected chi connectivity index (χ3v) is 2.92. The smallest absolute Gasteiger partial charge is 0.138 e. The summed E-state index contributed by atoms with van der Waals surface area (Å²) in [4.78, 5) is 8.45. The average molecular weight is 242 g/mol. The third-order valence-electron chi connectivity index (χ3n) is 2.92. The standard InChI is InChI=1S/C14H18N4/c1-4-11-6-5-7-12(8-11)18-14-10(2)13(15-3)16-9-17-14/h5-9H,4H2,1-3H3,(H2,15,16,17,18). The molecule has 0 saturated heterocycles. The van der Waals surface area contributed by atoms with Gasteiger partial charge in [0, 0.05) is 18.3 Å². The van der Waals surface area contributed by atoms with Crippen molar-refractivity contribution in [3.05, 3.63) is 41.7 Å². The van der Waals surface area contributed by atoms with Gasteiger partial charge in [-0.3, -0.25) is 0 Å². The van der Waals surface area contributed by atoms with Crippen LogP contribution in [0.5, 0.6) is 0 Å². The Balaban J connectivity index is 2.28. The van der Waals surface area contributed by atoms with E-state index >= 15 is 0 Å². The van der Waals surface area contributed by atoms with Gasteiger partial charge < -0.3 is 10.6 Å². The number of nitrogens with one attached hydrogen (secondary N) is 2. The first kappa shape index (κ1) is 12.4. The van der Waals surface area contributed by atoms with Gasteiger partial charge in [-0.25, -0.2) is 9.97 Å². The monoisotopic (exact) mass is 242 g/mol. The van der Waals surface area contributed by atoms with Gasteiger partial charge >= 0.3 is 0 Å². The van der Waals surface area contributed by atoms with Crippen LogP contribution in [0.3, 0.4) is 0 Å². The summed E-state index contributed by atoms with van der Waals surface area (Å²) in [6.07, 6.45) is 2.59. The van der Waals surface area contributed by atoms with Crippen LogP contribution in [-0.2, 0) is 6.42 Å². The second kappa shape index (κ2) is 5.49. The maximum Gasteiger partial charge on any atom is 0.138 e. The molecule has 0 bridgehead atoms. The van der Waals surface area contributed by atoms with Crippen molar-refractivity contribution in [2.24, 2.45) is 0 Å². The molecule has 0 amide bonds. The zero-order valence-electron chi connectivity index (χ0n) is 11.0. The van der Waals surface area contributed by atoms with Crippen molar-refractivity contribution < 1.29 is 0 Å². The molecule has 0 aliphatic rings. The fraction of sp³-hybridized carbons (Fsp3) is 0.286. The molecule has 2 aromatic rings. The Morgan fingerprint density at radius 3 is 2.67 bits per heavy atom. The number of nitrogens with zero attached hydrogens (tertiary/aromatic N) is 2. The summed E-state index contributed by atoms with van der Waals surface area (Å²) in [7, 11) is 1.86. The van der Waals surface area contributed by atoms with Gasteiger partial charge in [0.1, 0.15) is 18.0 Å². The average Bonchev–Trinajstić information content (AvgIpc) is 2.41. The third kappa shape index (κ3) is 2.59. The number of hydrogen-bond donors (Lipinski definition) is 2. The molecule has 0 unspecified atom stereocenters. The predicted octanol–water partition coefficient (Wildman–Crippen LogP) is 3.13. The number of aromatic nitrogens is 2. The highest BCUT2D eigenvalue weighted by Crippen LogP contribution is 2.22. The first-order chi connectivity index (χ1) is 8.74. The molecule has 4 heteroatoms. The lowest BCUT2D eigenvalue weighted by Crippen LogP contribution is -2.02. The van der Waals surface area contributed by atoms with Gasteiger partial charge in [-0.1, -0.05) is 19.1 Å². The van der Waals surface area contributed by atoms with Crippen LogP contribution in [0.1, 0.15) is 18.1 Å². The number of aryl methyl sites for hydroxylation is 1. The lowest BCUT2D eigenvalue weighted by Gasteiger charge is -2.11. The van der Waals surface area contributed by atoms with Gasteiger partial charge in [-0.15, -0.1) is 0 Å². The van der Waals surface area contributed by atoms with Crippen LogP contribution in [0.15, 0.2) is 30.6 Å². The van der Waals surface area contributed by atoms with E-state index < -0.39 is 0 Å². The molecular formula is C14H18N4. The van der Waals surface area contributed by atoms with E-state index in [1.807, 2.05) is 20.0 Å². The van der Waals surface area contributed by atoms with Crippen LogP contribution in [0.25, 0.3) is 0 Å². The lowest BCUT2D eigenvalue weighted by atomic mass is 10.1. The van der Waals surface area contributed by atoms with Crippen LogP contribution < -0.4 is 10.6 Å². The van der Waals surface area contributed by atoms with Crippen molar-refractivity contribution in [3.8, 4) is 0 Å². The number of anilines is 3. The quantitative estimate of drug-likeness (QED) is 0.864. The number of benzene rings is 1. The molecule has 2 rings (SSSR count). The van der Waals surface area contributed by atoms with Crippen molar-refractivity contribution in [3.63, 3.8) is 0 Å². The Labute approximate surface area is 107 Å². The molecule has 0 radical (unpaired) electrons. The first-order valence-corrected chi connectivity index (χ1v) is 6.10. The summed E-state index contributed by atoms with van der Waals surface area (Å²) in [6.45, 7) is 4.14. The molecule has 1 aromatic carbocycles. The molecule has 94 valence electrons. The fourth-order valence-electron chi connectivity index (χ4n) is 1.83. The molecule has 0 aliphatic heterocycles. The largest absolute Gasteiger partial charge is 0.373 e. The molecule has 0 saturated carbocycles. The summed E-state index contributed by atoms with van der Waals surface area (Å²) in [5, 5.41) is 6.38. The minimum atomic E-state index is 0.836. The van der Waals surface area contributed by atoms with Crippen molar-refractivity contribution in [2.75, 3.05) is 17.7 Å². The zero-order valence-corrected chi connectivity index (χ0v) is 11.0. The van der Waals surface area contributed by atoms with Gasteiger partial charge in [0.15, 0.2) is 0 Å². The van der Waals surface area contributed by atoms with Crippen molar-refractivity contribution in [2.45, 2.75) is 20.3 Å². The highest BCUT2D eigenvalue weighted by molar-refractivity contribution is 5.64. The molecule has 4 nitrogen and oxygen atoms in total. The zero-order chi connectivity index (χ0) is 13.0. The Hall–Kier alpha value is -2.10. The summed E-state index contributed by atoms with van der Waals surface area (Å²) in [6, 6.07) is 8.36. The summed E-state index contributed by atoms with van der Waals surface area (Å²) < 4.78 is 0. The Morgan fingerprint density at radius 2 is 1.94 bits per heavy atom. The van der Waals surface area contributed by atoms with Gasteiger partial charge in [0.25, 0.3) is 0 Å². The maximum atomic E-state index is 4.28. The van der Waals surface area contributed by atoms with Crippen molar-refractivity contribution >= 4 is 17.3 Å². The lowest BCUT2D eigenvalue weighted by molar-refractivity contribution is 1.12. The topological polar surface area (TPSA) is 49.8 Å². The van der Waals surface area contributed by atoms with E-state index in [0.29, 0.717) is 0 Å². The Kier molecular flexibility index (Phi) is 3.77. The van der Waals surface area contributed by atoms with Crippen LogP contribution in [-0.4, -0.2) is 17.0 Å². The van der Waals surface area contributed by atoms with Gasteiger partial charge in [0.05, 0.1) is 0 Å². The molecule has 1 heterocycles. The van der Waals surface area contributed by atoms with Gasteiger partial charge in [-0.2, -0.15) is 0 Å². The first-order valence-electron chi connectivity index (χ1n) is 6.10. The number of hydrogen-bond acceptors (Lipinski definition) is 4. The molecule has 0 aliphatic carbocycles. The van der Waals surface area contributed by atoms with E-state index in [2.05, 4.69) is 45.7 Å². The Bertz CT molecular complexity index is 537. The second-order valence-corrected chi connectivity index (χ2v) is 4.12. The fourth-order valence-corrected chi connectivity index (χ4v) is 1.83. The highest BCUT2D eigenvalue weighted by atomic mass is 15.1. The molecule has 0 atom stereocenters. The van der Waals surface area contributed by atoms with Crippen LogP contribution >= 0.6 is 0 Å². The SMILES string of the molecule is CCc1cccc(Nc2ncnc(NC)c2C)c1. The molecule has 0 fully saturated rings. The molecule has 1 aromatic heterocycles. The molecule has 2 N–H and O–H groups in total. The predicted molar refractivity (Wildman–Crippen MR) is 75.4 cm³/mol. The summed E-state index contributed by atoms with van der Waals surface area (Å²) in [5.74, 6) is 1.68. The van der Waals surface area contributed by atoms with Gasteiger partial charge in [-0.05, 0) is 31.0 Å². The highest BCUT2D eigenvalue weighted by Gasteiger charge is 2.05. The van der Waals surface area contributed by atoms with E-state index in [9.17, 15) is 0 Å². The number of rotatable bonds is 4. The van der Waals surface area contributed by atoms with E-state index in [1.54, 1.807) is 6.33 Å². The molecule has 0 spiro atoms. The van der Waals surface area contributed by atoms with E-state index in [4.69, 9.17) is 0 Å². The normalized spacial score (nSPS) is 10.2. The van der Waals surface area contributed by atoms with Gasteiger partial charge in [0.2, 0.25) is 0 Å². The minimum absolute atomic E-state index is 0.836. The Morgan fingerprint density at radius 1 is 1.17 bits per heavy atom. The van der Waals surface area contributed by atoms with Crippen molar-refractivity contribution in [1.82, 2.24) is 9.97 Å². The van der Waals surface area contributed by atoms with Crippen LogP contribution in [0.2, 0.25) is 0 Å². The molecular weight excluding hydrogens is 224 g/mol. The van der Waals surface area contributed by atoms with E-state index in [1.165, 1.54) is 5.56 Å². The maximum absolute atomic E-state index is 4.28. The van der Waals surface area contributed by atoms with E-state index in [0.717, 1.165) is 29.3 Å². The minimum Gasteiger partial charge on any atom is -0.373 e. The summed E-state index contributed by atoms with van der Waals surface area (Å²) >= 11 is 0. The second-order valence-electron chi connectivity index (χ2n) is 4.12. The van der Waals surface area contributed by atoms with Crippen molar-refractivity contribution in [1.29, 1.82) is 0 Å². The van der Waals surface area contributed by atoms with Crippen LogP contribution in [0, 0.1) is 6.92 Å². The van der Waals surface area contributed by atoms with Crippen LogP contribution in [0.4, 0.5) is 17.3 Å². The van der Waals surface area contributed by atoms with E-state index in [-0.39, 0.29) is 0 Å².